The smallest absolute Gasteiger partial charge is 0.379 e. The third-order valence-corrected chi connectivity index (χ3v) is 7.20. The van der Waals surface area contributed by atoms with Gasteiger partial charge in [-0.1, -0.05) is 12.1 Å². The van der Waals surface area contributed by atoms with E-state index in [1.165, 1.54) is 6.07 Å². The summed E-state index contributed by atoms with van der Waals surface area (Å²) in [5.41, 5.74) is -0.250. The van der Waals surface area contributed by atoms with E-state index >= 15 is 0 Å². The van der Waals surface area contributed by atoms with Gasteiger partial charge in [0.25, 0.3) is 0 Å². The number of nitrogens with zero attached hydrogens (tertiary/aromatic N) is 4. The van der Waals surface area contributed by atoms with Crippen LogP contribution in [0.4, 0.5) is 13.2 Å². The maximum atomic E-state index is 13.2. The third-order valence-electron chi connectivity index (χ3n) is 7.20. The van der Waals surface area contributed by atoms with Crippen LogP contribution in [0.15, 0.2) is 24.3 Å². The maximum absolute atomic E-state index is 13.2. The molecule has 2 saturated carbocycles. The zero-order valence-corrected chi connectivity index (χ0v) is 18.1. The third kappa shape index (κ3) is 3.78. The fraction of sp³-hybridized carbons (Fsp3) is 0.652. The van der Waals surface area contributed by atoms with E-state index in [0.717, 1.165) is 50.6 Å². The minimum atomic E-state index is -4.38. The number of fused-ring (bicyclic) bond motifs is 1. The summed E-state index contributed by atoms with van der Waals surface area (Å²) in [6, 6.07) is 6.48. The van der Waals surface area contributed by atoms with Crippen LogP contribution in [0.5, 0.6) is 0 Å². The molecule has 0 bridgehead atoms. The summed E-state index contributed by atoms with van der Waals surface area (Å²) >= 11 is 0. The Bertz CT molecular complexity index is 945. The summed E-state index contributed by atoms with van der Waals surface area (Å²) in [7, 11) is 0. The molecule has 3 fully saturated rings. The zero-order chi connectivity index (χ0) is 21.9. The molecule has 2 aliphatic carbocycles. The first-order valence-corrected chi connectivity index (χ1v) is 11.2. The van der Waals surface area contributed by atoms with Crippen molar-refractivity contribution >= 4 is 0 Å². The van der Waals surface area contributed by atoms with Gasteiger partial charge in [0.15, 0.2) is 5.82 Å². The molecule has 0 radical (unpaired) electrons. The lowest BCUT2D eigenvalue weighted by Gasteiger charge is -2.38. The van der Waals surface area contributed by atoms with E-state index < -0.39 is 11.7 Å². The Labute approximate surface area is 180 Å². The van der Waals surface area contributed by atoms with Gasteiger partial charge in [0.1, 0.15) is 5.82 Å². The van der Waals surface area contributed by atoms with Gasteiger partial charge in [-0.25, -0.2) is 9.67 Å². The van der Waals surface area contributed by atoms with Gasteiger partial charge in [0, 0.05) is 36.2 Å². The van der Waals surface area contributed by atoms with E-state index in [2.05, 4.69) is 16.9 Å². The summed E-state index contributed by atoms with van der Waals surface area (Å²) in [6.45, 7) is 8.93. The summed E-state index contributed by atoms with van der Waals surface area (Å²) < 4.78 is 47.0. The summed E-state index contributed by atoms with van der Waals surface area (Å²) in [5, 5.41) is 4.62. The number of hydrogen-bond donors (Lipinski definition) is 0. The first-order valence-electron chi connectivity index (χ1n) is 11.2. The van der Waals surface area contributed by atoms with Crippen molar-refractivity contribution in [3.63, 3.8) is 0 Å². The predicted octanol–water partition coefficient (Wildman–Crippen LogP) is 4.76. The van der Waals surface area contributed by atoms with Crippen molar-refractivity contribution in [3.05, 3.63) is 35.7 Å². The van der Waals surface area contributed by atoms with Crippen LogP contribution in [0, 0.1) is 11.8 Å². The normalized spacial score (nSPS) is 31.3. The van der Waals surface area contributed by atoms with Crippen LogP contribution in [0.1, 0.15) is 57.0 Å². The monoisotopic (exact) mass is 434 g/mol. The molecule has 2 heterocycles. The second-order valence-corrected chi connectivity index (χ2v) is 9.55. The number of halogens is 3. The number of alkyl halides is 3. The molecule has 5 rings (SSSR count). The molecule has 2 unspecified atom stereocenters. The number of rotatable bonds is 4. The van der Waals surface area contributed by atoms with Crippen molar-refractivity contribution in [2.24, 2.45) is 11.8 Å². The van der Waals surface area contributed by atoms with Gasteiger partial charge in [-0.2, -0.15) is 18.3 Å². The summed E-state index contributed by atoms with van der Waals surface area (Å²) in [6.07, 6.45) is -2.06. The lowest BCUT2D eigenvalue weighted by molar-refractivity contribution is -0.137. The molecule has 1 aromatic heterocycles. The van der Waals surface area contributed by atoms with Gasteiger partial charge in [0.2, 0.25) is 0 Å². The molecule has 1 aliphatic heterocycles. The highest BCUT2D eigenvalue weighted by atomic mass is 19.4. The second kappa shape index (κ2) is 7.59. The van der Waals surface area contributed by atoms with Crippen LogP contribution in [0.25, 0.3) is 11.4 Å². The molecule has 0 N–H and O–H groups in total. The van der Waals surface area contributed by atoms with Gasteiger partial charge in [0.05, 0.1) is 18.8 Å². The van der Waals surface area contributed by atoms with Crippen LogP contribution >= 0.6 is 0 Å². The minimum Gasteiger partial charge on any atom is -0.379 e. The lowest BCUT2D eigenvalue weighted by atomic mass is 10.0. The summed E-state index contributed by atoms with van der Waals surface area (Å²) in [5.74, 6) is 2.87. The molecule has 0 spiro atoms. The molecule has 0 amide bonds. The molecule has 8 heteroatoms. The van der Waals surface area contributed by atoms with Crippen LogP contribution < -0.4 is 0 Å². The van der Waals surface area contributed by atoms with Gasteiger partial charge < -0.3 is 4.74 Å². The van der Waals surface area contributed by atoms with Crippen molar-refractivity contribution in [1.82, 2.24) is 19.7 Å². The van der Waals surface area contributed by atoms with Crippen molar-refractivity contribution in [3.8, 4) is 11.4 Å². The molecule has 3 aliphatic rings. The average Bonchev–Trinajstić information content (AvgIpc) is 3.09. The molecular weight excluding hydrogens is 405 g/mol. The van der Waals surface area contributed by atoms with Crippen molar-refractivity contribution < 1.29 is 17.9 Å². The van der Waals surface area contributed by atoms with Crippen LogP contribution in [-0.4, -0.2) is 51.5 Å². The number of morpholine rings is 1. The molecule has 2 aromatic rings. The zero-order valence-electron chi connectivity index (χ0n) is 18.1. The fourth-order valence-electron chi connectivity index (χ4n) is 5.65. The minimum absolute atomic E-state index is 0.110. The van der Waals surface area contributed by atoms with Crippen LogP contribution in [0.3, 0.4) is 0 Å². The van der Waals surface area contributed by atoms with Gasteiger partial charge in [-0.05, 0) is 57.6 Å². The molecule has 31 heavy (non-hydrogen) atoms. The average molecular weight is 435 g/mol. The Morgan fingerprint density at radius 1 is 1.16 bits per heavy atom. The van der Waals surface area contributed by atoms with E-state index in [1.54, 1.807) is 6.07 Å². The topological polar surface area (TPSA) is 43.2 Å². The highest BCUT2D eigenvalue weighted by Crippen LogP contribution is 2.64. The molecule has 5 nitrogen and oxygen atoms in total. The van der Waals surface area contributed by atoms with E-state index in [1.807, 2.05) is 18.5 Å². The first-order chi connectivity index (χ1) is 14.7. The first kappa shape index (κ1) is 20.9. The largest absolute Gasteiger partial charge is 0.416 e. The molecular formula is C23H29F3N4O. The molecule has 168 valence electrons. The second-order valence-electron chi connectivity index (χ2n) is 9.55. The van der Waals surface area contributed by atoms with E-state index in [0.29, 0.717) is 41.2 Å². The van der Waals surface area contributed by atoms with Gasteiger partial charge in [-0.3, -0.25) is 4.90 Å². The Hall–Kier alpha value is -1.93. The Morgan fingerprint density at radius 2 is 1.90 bits per heavy atom. The van der Waals surface area contributed by atoms with E-state index in [-0.39, 0.29) is 6.04 Å². The summed E-state index contributed by atoms with van der Waals surface area (Å²) in [4.78, 5) is 7.36. The van der Waals surface area contributed by atoms with Crippen LogP contribution in [-0.2, 0) is 10.9 Å². The van der Waals surface area contributed by atoms with Crippen LogP contribution in [0.2, 0.25) is 0 Å². The molecule has 5 atom stereocenters. The van der Waals surface area contributed by atoms with E-state index in [4.69, 9.17) is 9.72 Å². The van der Waals surface area contributed by atoms with Crippen molar-refractivity contribution in [1.29, 1.82) is 0 Å². The molecule has 1 saturated heterocycles. The Kier molecular flexibility index (Phi) is 5.13. The predicted molar refractivity (Wildman–Crippen MR) is 111 cm³/mol. The standard InChI is InChI=1S/C23H29F3N4O/c1-13(2)30-22(27-21(28-30)15-5-4-6-16(9-15)23(24,25)26)20-18-10-17(11-19(18)20)29-7-8-31-12-14(29)3/h4-6,9,13-14,17-20H,7-8,10-12H2,1-3H3/t14-,17?,18-,19+,20?/m0/s1. The Morgan fingerprint density at radius 3 is 2.55 bits per heavy atom. The quantitative estimate of drug-likeness (QED) is 0.696. The number of hydrogen-bond acceptors (Lipinski definition) is 4. The SMILES string of the molecule is CC(C)n1nc(-c2cccc(C(F)(F)F)c2)nc1C1[C@H]2CC(N3CCOC[C@@H]3C)C[C@@H]12. The Balaban J connectivity index is 1.37. The number of benzene rings is 1. The van der Waals surface area contributed by atoms with Crippen molar-refractivity contribution in [2.45, 2.75) is 63.8 Å². The number of ether oxygens (including phenoxy) is 1. The molecule has 1 aromatic carbocycles. The maximum Gasteiger partial charge on any atom is 0.416 e. The van der Waals surface area contributed by atoms with E-state index in [9.17, 15) is 13.2 Å². The van der Waals surface area contributed by atoms with Crippen molar-refractivity contribution in [2.75, 3.05) is 19.8 Å². The highest BCUT2D eigenvalue weighted by molar-refractivity contribution is 5.56. The fourth-order valence-corrected chi connectivity index (χ4v) is 5.65. The van der Waals surface area contributed by atoms with Gasteiger partial charge >= 0.3 is 6.18 Å². The van der Waals surface area contributed by atoms with Gasteiger partial charge in [-0.15, -0.1) is 0 Å². The highest BCUT2D eigenvalue weighted by Gasteiger charge is 2.59. The number of aromatic nitrogens is 3. The lowest BCUT2D eigenvalue weighted by Crippen LogP contribution is -2.49.